The fourth-order valence-electron chi connectivity index (χ4n) is 6.12. The standard InChI is InChI=1S/C28H41NO2S/c1-2-26(30)25-14-12-23-11-13-24(28(31)32-27(23)20-25)16-19-29-17-7-6-10-22(15-18-29)21-8-4-3-5-9-21/h12,14,20-22,24H,2-11,13,15-19H2,1H3. The molecule has 1 aromatic rings. The topological polar surface area (TPSA) is 37.4 Å². The number of thioether (sulfide) groups is 1. The molecule has 2 fully saturated rings. The number of hydrogen-bond donors (Lipinski definition) is 0. The molecule has 0 bridgehead atoms. The third-order valence-electron chi connectivity index (χ3n) is 8.24. The molecule has 4 rings (SSSR count). The molecule has 2 unspecified atom stereocenters. The highest BCUT2D eigenvalue weighted by molar-refractivity contribution is 8.13. The summed E-state index contributed by atoms with van der Waals surface area (Å²) in [7, 11) is 0. The van der Waals surface area contributed by atoms with Crippen LogP contribution in [0.1, 0.15) is 99.9 Å². The second kappa shape index (κ2) is 11.8. The number of Topliss-reactive ketones (excluding diaryl/α,β-unsaturated/α-hetero) is 1. The first-order valence-electron chi connectivity index (χ1n) is 13.2. The minimum absolute atomic E-state index is 0.136. The quantitative estimate of drug-likeness (QED) is 0.436. The molecule has 0 aromatic heterocycles. The molecular formula is C28H41NO2S. The molecule has 0 spiro atoms. The number of ketones is 1. The lowest BCUT2D eigenvalue weighted by molar-refractivity contribution is -0.114. The average molecular weight is 456 g/mol. The molecule has 3 nitrogen and oxygen atoms in total. The van der Waals surface area contributed by atoms with Crippen LogP contribution in [-0.4, -0.2) is 35.4 Å². The summed E-state index contributed by atoms with van der Waals surface area (Å²) in [6, 6.07) is 5.97. The van der Waals surface area contributed by atoms with Gasteiger partial charge in [0.1, 0.15) is 0 Å². The molecule has 176 valence electrons. The normalized spacial score (nSPS) is 26.1. The lowest BCUT2D eigenvalue weighted by atomic mass is 9.76. The highest BCUT2D eigenvalue weighted by atomic mass is 32.2. The Labute approximate surface area is 199 Å². The molecule has 1 aliphatic carbocycles. The largest absolute Gasteiger partial charge is 0.303 e. The van der Waals surface area contributed by atoms with Crippen molar-refractivity contribution in [3.8, 4) is 0 Å². The van der Waals surface area contributed by atoms with Crippen LogP contribution in [0, 0.1) is 17.8 Å². The van der Waals surface area contributed by atoms with Crippen LogP contribution >= 0.6 is 11.8 Å². The maximum atomic E-state index is 13.0. The van der Waals surface area contributed by atoms with Crippen LogP contribution in [0.2, 0.25) is 0 Å². The number of fused-ring (bicyclic) bond motifs is 1. The summed E-state index contributed by atoms with van der Waals surface area (Å²) in [5, 5.41) is 0.303. The summed E-state index contributed by atoms with van der Waals surface area (Å²) >= 11 is 1.39. The second-order valence-corrected chi connectivity index (χ2v) is 11.4. The van der Waals surface area contributed by atoms with E-state index < -0.39 is 0 Å². The zero-order valence-corrected chi connectivity index (χ0v) is 20.8. The van der Waals surface area contributed by atoms with Gasteiger partial charge in [-0.2, -0.15) is 0 Å². The van der Waals surface area contributed by atoms with Crippen molar-refractivity contribution in [2.45, 2.75) is 95.3 Å². The predicted octanol–water partition coefficient (Wildman–Crippen LogP) is 6.92. The summed E-state index contributed by atoms with van der Waals surface area (Å²) in [4.78, 5) is 28.8. The zero-order valence-electron chi connectivity index (χ0n) is 19.9. The van der Waals surface area contributed by atoms with Gasteiger partial charge in [0.05, 0.1) is 0 Å². The fourth-order valence-corrected chi connectivity index (χ4v) is 7.23. The van der Waals surface area contributed by atoms with E-state index in [0.717, 1.165) is 48.1 Å². The Bertz CT molecular complexity index is 786. The van der Waals surface area contributed by atoms with E-state index in [1.807, 2.05) is 19.1 Å². The molecule has 0 N–H and O–H groups in total. The lowest BCUT2D eigenvalue weighted by Crippen LogP contribution is -2.33. The van der Waals surface area contributed by atoms with E-state index in [1.165, 1.54) is 88.2 Å². The Morgan fingerprint density at radius 2 is 1.72 bits per heavy atom. The first-order valence-corrected chi connectivity index (χ1v) is 14.1. The zero-order chi connectivity index (χ0) is 22.3. The Morgan fingerprint density at radius 1 is 0.969 bits per heavy atom. The van der Waals surface area contributed by atoms with Gasteiger partial charge in [0, 0.05) is 22.8 Å². The Balaban J connectivity index is 1.30. The first-order chi connectivity index (χ1) is 15.6. The Kier molecular flexibility index (Phi) is 8.88. The van der Waals surface area contributed by atoms with Gasteiger partial charge < -0.3 is 4.90 Å². The van der Waals surface area contributed by atoms with Crippen LogP contribution in [0.5, 0.6) is 0 Å². The van der Waals surface area contributed by atoms with Gasteiger partial charge in [-0.15, -0.1) is 0 Å². The van der Waals surface area contributed by atoms with Gasteiger partial charge in [-0.05, 0) is 75.2 Å². The van der Waals surface area contributed by atoms with Gasteiger partial charge >= 0.3 is 0 Å². The molecule has 1 aromatic carbocycles. The minimum Gasteiger partial charge on any atom is -0.303 e. The molecular weight excluding hydrogens is 414 g/mol. The van der Waals surface area contributed by atoms with Crippen molar-refractivity contribution >= 4 is 22.7 Å². The molecule has 3 aliphatic rings. The monoisotopic (exact) mass is 455 g/mol. The van der Waals surface area contributed by atoms with Crippen LogP contribution in [0.15, 0.2) is 23.1 Å². The highest BCUT2D eigenvalue weighted by Gasteiger charge is 2.28. The van der Waals surface area contributed by atoms with Crippen LogP contribution < -0.4 is 0 Å². The minimum atomic E-state index is 0.136. The number of nitrogens with zero attached hydrogens (tertiary/aromatic N) is 1. The van der Waals surface area contributed by atoms with E-state index in [4.69, 9.17) is 0 Å². The number of carbonyl (C=O) groups excluding carboxylic acids is 2. The predicted molar refractivity (Wildman–Crippen MR) is 133 cm³/mol. The van der Waals surface area contributed by atoms with E-state index in [0.29, 0.717) is 11.5 Å². The van der Waals surface area contributed by atoms with E-state index in [-0.39, 0.29) is 11.7 Å². The molecule has 2 aliphatic heterocycles. The van der Waals surface area contributed by atoms with Gasteiger partial charge in [0.15, 0.2) is 10.9 Å². The number of aryl methyl sites for hydroxylation is 1. The van der Waals surface area contributed by atoms with Gasteiger partial charge in [-0.25, -0.2) is 0 Å². The van der Waals surface area contributed by atoms with Gasteiger partial charge in [-0.3, -0.25) is 9.59 Å². The van der Waals surface area contributed by atoms with Gasteiger partial charge in [0.25, 0.3) is 0 Å². The Morgan fingerprint density at radius 3 is 2.50 bits per heavy atom. The fraction of sp³-hybridized carbons (Fsp3) is 0.714. The molecule has 0 amide bonds. The van der Waals surface area contributed by atoms with Crippen LogP contribution in [0.4, 0.5) is 0 Å². The lowest BCUT2D eigenvalue weighted by Gasteiger charge is -2.34. The summed E-state index contributed by atoms with van der Waals surface area (Å²) < 4.78 is 0. The number of carbonyl (C=O) groups is 2. The van der Waals surface area contributed by atoms with Crippen molar-refractivity contribution < 1.29 is 9.59 Å². The molecule has 2 heterocycles. The van der Waals surface area contributed by atoms with E-state index in [9.17, 15) is 9.59 Å². The molecule has 1 saturated carbocycles. The third kappa shape index (κ3) is 6.26. The molecule has 2 atom stereocenters. The van der Waals surface area contributed by atoms with Gasteiger partial charge in [0.2, 0.25) is 0 Å². The van der Waals surface area contributed by atoms with Crippen molar-refractivity contribution in [2.24, 2.45) is 17.8 Å². The summed E-state index contributed by atoms with van der Waals surface area (Å²) in [6.07, 6.45) is 16.1. The summed E-state index contributed by atoms with van der Waals surface area (Å²) in [5.41, 5.74) is 1.98. The van der Waals surface area contributed by atoms with Crippen molar-refractivity contribution in [1.29, 1.82) is 0 Å². The molecule has 1 saturated heterocycles. The highest BCUT2D eigenvalue weighted by Crippen LogP contribution is 2.37. The molecule has 0 radical (unpaired) electrons. The maximum Gasteiger partial charge on any atom is 0.196 e. The second-order valence-electron chi connectivity index (χ2n) is 10.3. The third-order valence-corrected chi connectivity index (χ3v) is 9.38. The molecule has 32 heavy (non-hydrogen) atoms. The number of hydrogen-bond acceptors (Lipinski definition) is 4. The number of rotatable bonds is 6. The van der Waals surface area contributed by atoms with Crippen molar-refractivity contribution in [3.63, 3.8) is 0 Å². The van der Waals surface area contributed by atoms with Crippen molar-refractivity contribution in [1.82, 2.24) is 4.90 Å². The first kappa shape index (κ1) is 24.0. The van der Waals surface area contributed by atoms with Crippen molar-refractivity contribution in [3.05, 3.63) is 29.3 Å². The smallest absolute Gasteiger partial charge is 0.196 e. The number of likely N-dealkylation sites (tertiary alicyclic amines) is 1. The van der Waals surface area contributed by atoms with Gasteiger partial charge in [-0.1, -0.05) is 75.8 Å². The van der Waals surface area contributed by atoms with E-state index in [1.54, 1.807) is 0 Å². The van der Waals surface area contributed by atoms with Crippen LogP contribution in [-0.2, 0) is 11.2 Å². The summed E-state index contributed by atoms with van der Waals surface area (Å²) in [6.45, 7) is 5.38. The summed E-state index contributed by atoms with van der Waals surface area (Å²) in [5.74, 6) is 2.21. The van der Waals surface area contributed by atoms with Crippen molar-refractivity contribution in [2.75, 3.05) is 19.6 Å². The average Bonchev–Trinajstić information content (AvgIpc) is 2.96. The SMILES string of the molecule is CCC(=O)c1ccc2c(c1)SC(=O)C(CCN1CCCCC(C3CCCCC3)CC1)CC2. The van der Waals surface area contributed by atoms with Crippen LogP contribution in [0.25, 0.3) is 0 Å². The Hall–Kier alpha value is -1.13. The van der Waals surface area contributed by atoms with Crippen LogP contribution in [0.3, 0.4) is 0 Å². The van der Waals surface area contributed by atoms with E-state index in [2.05, 4.69) is 11.0 Å². The number of benzene rings is 1. The maximum absolute atomic E-state index is 13.0. The molecule has 4 heteroatoms. The van der Waals surface area contributed by atoms with E-state index >= 15 is 0 Å².